The SMILES string of the molecule is CCCCCCC/C=C\C/C=C\CCCCCCCCCCCC(=O)OCC(COC(=O)CCCCCCCCCCCCC)OC(=O)CCCCCCCCCCCCCCCC. The van der Waals surface area contributed by atoms with Gasteiger partial charge in [-0.1, -0.05) is 263 Å². The van der Waals surface area contributed by atoms with E-state index in [1.807, 2.05) is 0 Å². The third-order valence-corrected chi connectivity index (χ3v) is 12.7. The number of rotatable bonds is 52. The summed E-state index contributed by atoms with van der Waals surface area (Å²) in [4.78, 5) is 38.0. The lowest BCUT2D eigenvalue weighted by Crippen LogP contribution is -2.30. The second-order valence-corrected chi connectivity index (χ2v) is 19.2. The lowest BCUT2D eigenvalue weighted by molar-refractivity contribution is -0.167. The van der Waals surface area contributed by atoms with Gasteiger partial charge in [0.15, 0.2) is 6.10 Å². The highest BCUT2D eigenvalue weighted by molar-refractivity contribution is 5.71. The lowest BCUT2D eigenvalue weighted by atomic mass is 10.0. The molecular weight excluding hydrogens is 793 g/mol. The Kier molecular flexibility index (Phi) is 51.7. The van der Waals surface area contributed by atoms with Gasteiger partial charge in [0.1, 0.15) is 13.2 Å². The number of hydrogen-bond donors (Lipinski definition) is 0. The van der Waals surface area contributed by atoms with Gasteiger partial charge in [-0.25, -0.2) is 0 Å². The van der Waals surface area contributed by atoms with Crippen molar-refractivity contribution in [3.05, 3.63) is 24.3 Å². The van der Waals surface area contributed by atoms with Crippen LogP contribution in [0.4, 0.5) is 0 Å². The van der Waals surface area contributed by atoms with Crippen molar-refractivity contribution in [1.29, 1.82) is 0 Å². The number of hydrogen-bond acceptors (Lipinski definition) is 6. The molecule has 0 aromatic carbocycles. The molecule has 0 aliphatic carbocycles. The fourth-order valence-electron chi connectivity index (χ4n) is 8.42. The van der Waals surface area contributed by atoms with E-state index < -0.39 is 6.10 Å². The molecule has 0 fully saturated rings. The zero-order valence-corrected chi connectivity index (χ0v) is 43.1. The summed E-state index contributed by atoms with van der Waals surface area (Å²) in [6, 6.07) is 0. The fraction of sp³-hybridized carbons (Fsp3) is 0.879. The summed E-state index contributed by atoms with van der Waals surface area (Å²) in [6.07, 6.45) is 61.6. The fourth-order valence-corrected chi connectivity index (χ4v) is 8.42. The second-order valence-electron chi connectivity index (χ2n) is 19.2. The van der Waals surface area contributed by atoms with Crippen molar-refractivity contribution in [3.8, 4) is 0 Å². The van der Waals surface area contributed by atoms with Gasteiger partial charge in [0.05, 0.1) is 0 Å². The molecule has 6 nitrogen and oxygen atoms in total. The molecule has 0 bridgehead atoms. The van der Waals surface area contributed by atoms with Crippen molar-refractivity contribution < 1.29 is 28.6 Å². The maximum absolute atomic E-state index is 12.8. The van der Waals surface area contributed by atoms with E-state index >= 15 is 0 Å². The minimum atomic E-state index is -0.766. The van der Waals surface area contributed by atoms with Crippen LogP contribution in [0.15, 0.2) is 24.3 Å². The maximum atomic E-state index is 12.8. The highest BCUT2D eigenvalue weighted by atomic mass is 16.6. The molecule has 64 heavy (non-hydrogen) atoms. The molecule has 0 heterocycles. The zero-order valence-electron chi connectivity index (χ0n) is 43.1. The van der Waals surface area contributed by atoms with Gasteiger partial charge < -0.3 is 14.2 Å². The lowest BCUT2D eigenvalue weighted by Gasteiger charge is -2.18. The van der Waals surface area contributed by atoms with Gasteiger partial charge in [0.25, 0.3) is 0 Å². The molecule has 0 saturated heterocycles. The van der Waals surface area contributed by atoms with E-state index in [9.17, 15) is 14.4 Å². The average Bonchev–Trinajstić information content (AvgIpc) is 3.29. The third-order valence-electron chi connectivity index (χ3n) is 12.7. The van der Waals surface area contributed by atoms with Crippen LogP contribution < -0.4 is 0 Å². The molecule has 0 aromatic heterocycles. The maximum Gasteiger partial charge on any atom is 0.306 e. The molecule has 0 rings (SSSR count). The Balaban J connectivity index is 4.26. The zero-order chi connectivity index (χ0) is 46.5. The quantitative estimate of drug-likeness (QED) is 0.0262. The molecule has 6 heteroatoms. The monoisotopic (exact) mass is 901 g/mol. The van der Waals surface area contributed by atoms with Crippen LogP contribution in [-0.4, -0.2) is 37.2 Å². The Bertz CT molecular complexity index is 1040. The largest absolute Gasteiger partial charge is 0.462 e. The normalized spacial score (nSPS) is 12.1. The number of carbonyl (C=O) groups is 3. The molecule has 0 amide bonds. The van der Waals surface area contributed by atoms with Gasteiger partial charge >= 0.3 is 17.9 Å². The molecular formula is C58H108O6. The second kappa shape index (κ2) is 53.5. The Morgan fingerprint density at radius 2 is 0.562 bits per heavy atom. The Hall–Kier alpha value is -2.11. The molecule has 0 N–H and O–H groups in total. The Labute approximate surface area is 398 Å². The summed E-state index contributed by atoms with van der Waals surface area (Å²) in [6.45, 7) is 6.66. The Morgan fingerprint density at radius 1 is 0.312 bits per heavy atom. The third kappa shape index (κ3) is 50.9. The van der Waals surface area contributed by atoms with E-state index in [4.69, 9.17) is 14.2 Å². The summed E-state index contributed by atoms with van der Waals surface area (Å²) in [5.74, 6) is -0.853. The van der Waals surface area contributed by atoms with E-state index in [2.05, 4.69) is 45.1 Å². The highest BCUT2D eigenvalue weighted by Gasteiger charge is 2.19. The van der Waals surface area contributed by atoms with E-state index in [0.29, 0.717) is 19.3 Å². The predicted octanol–water partition coefficient (Wildman–Crippen LogP) is 18.7. The van der Waals surface area contributed by atoms with Gasteiger partial charge in [-0.2, -0.15) is 0 Å². The number of esters is 3. The molecule has 0 saturated carbocycles. The van der Waals surface area contributed by atoms with Crippen LogP contribution in [0.1, 0.15) is 310 Å². The first-order chi connectivity index (χ1) is 31.5. The van der Waals surface area contributed by atoms with Crippen LogP contribution in [0.3, 0.4) is 0 Å². The van der Waals surface area contributed by atoms with Gasteiger partial charge in [-0.05, 0) is 51.4 Å². The number of ether oxygens (including phenoxy) is 3. The van der Waals surface area contributed by atoms with E-state index in [1.165, 1.54) is 205 Å². The minimum absolute atomic E-state index is 0.0672. The number of carbonyl (C=O) groups excluding carboxylic acids is 3. The van der Waals surface area contributed by atoms with Crippen molar-refractivity contribution >= 4 is 17.9 Å². The van der Waals surface area contributed by atoms with Gasteiger partial charge in [0.2, 0.25) is 0 Å². The average molecular weight is 901 g/mol. The summed E-state index contributed by atoms with van der Waals surface area (Å²) < 4.78 is 16.8. The topological polar surface area (TPSA) is 78.9 Å². The molecule has 0 aromatic rings. The van der Waals surface area contributed by atoms with E-state index in [1.54, 1.807) is 0 Å². The first-order valence-electron chi connectivity index (χ1n) is 28.3. The summed E-state index contributed by atoms with van der Waals surface area (Å²) in [7, 11) is 0. The number of unbranched alkanes of at least 4 members (excludes halogenated alkanes) is 37. The van der Waals surface area contributed by atoms with Crippen LogP contribution in [0.25, 0.3) is 0 Å². The summed E-state index contributed by atoms with van der Waals surface area (Å²) >= 11 is 0. The van der Waals surface area contributed by atoms with Crippen LogP contribution in [0.2, 0.25) is 0 Å². The molecule has 0 aliphatic heterocycles. The molecule has 376 valence electrons. The minimum Gasteiger partial charge on any atom is -0.462 e. The first-order valence-corrected chi connectivity index (χ1v) is 28.3. The van der Waals surface area contributed by atoms with Crippen molar-refractivity contribution in [2.24, 2.45) is 0 Å². The summed E-state index contributed by atoms with van der Waals surface area (Å²) in [5.41, 5.74) is 0. The van der Waals surface area contributed by atoms with Crippen LogP contribution in [-0.2, 0) is 28.6 Å². The van der Waals surface area contributed by atoms with Crippen molar-refractivity contribution in [1.82, 2.24) is 0 Å². The van der Waals surface area contributed by atoms with Gasteiger partial charge in [-0.15, -0.1) is 0 Å². The molecule has 1 unspecified atom stereocenters. The van der Waals surface area contributed by atoms with Crippen molar-refractivity contribution in [2.75, 3.05) is 13.2 Å². The van der Waals surface area contributed by atoms with Crippen LogP contribution in [0, 0.1) is 0 Å². The van der Waals surface area contributed by atoms with E-state index in [0.717, 1.165) is 64.2 Å². The standard InChI is InChI=1S/C58H108O6/c1-4-7-10-13-16-19-22-24-26-27-28-29-30-31-32-34-36-39-42-45-48-51-57(60)63-54-55(53-62-56(59)50-47-44-41-38-35-21-18-15-12-9-6-3)64-58(61)52-49-46-43-40-37-33-25-23-20-17-14-11-8-5-2/h22,24,27-28,55H,4-21,23,25-26,29-54H2,1-3H3/b24-22-,28-27-. The van der Waals surface area contributed by atoms with Crippen molar-refractivity contribution in [3.63, 3.8) is 0 Å². The smallest absolute Gasteiger partial charge is 0.306 e. The van der Waals surface area contributed by atoms with E-state index in [-0.39, 0.29) is 31.1 Å². The van der Waals surface area contributed by atoms with Crippen LogP contribution >= 0.6 is 0 Å². The Morgan fingerprint density at radius 3 is 0.859 bits per heavy atom. The molecule has 0 spiro atoms. The van der Waals surface area contributed by atoms with Gasteiger partial charge in [0, 0.05) is 19.3 Å². The highest BCUT2D eigenvalue weighted by Crippen LogP contribution is 2.16. The van der Waals surface area contributed by atoms with Crippen molar-refractivity contribution in [2.45, 2.75) is 316 Å². The number of allylic oxidation sites excluding steroid dienone is 4. The van der Waals surface area contributed by atoms with Crippen LogP contribution in [0.5, 0.6) is 0 Å². The first kappa shape index (κ1) is 61.9. The predicted molar refractivity (Wildman–Crippen MR) is 275 cm³/mol. The molecule has 0 radical (unpaired) electrons. The molecule has 0 aliphatic rings. The molecule has 1 atom stereocenters. The summed E-state index contributed by atoms with van der Waals surface area (Å²) in [5, 5.41) is 0. The van der Waals surface area contributed by atoms with Gasteiger partial charge in [-0.3, -0.25) is 14.4 Å².